The Labute approximate surface area is 155 Å². The van der Waals surface area contributed by atoms with Crippen molar-refractivity contribution in [3.05, 3.63) is 52.5 Å². The van der Waals surface area contributed by atoms with Crippen LogP contribution >= 0.6 is 11.3 Å². The van der Waals surface area contributed by atoms with Crippen LogP contribution in [0.4, 0.5) is 9.52 Å². The van der Waals surface area contributed by atoms with Crippen LogP contribution in [-0.4, -0.2) is 25.9 Å². The number of benzene rings is 1. The Hall–Kier alpha value is -2.61. The summed E-state index contributed by atoms with van der Waals surface area (Å²) in [5.74, 6) is -0.543. The predicted molar refractivity (Wildman–Crippen MR) is 99.5 cm³/mol. The molecule has 0 unspecified atom stereocenters. The molecule has 0 saturated heterocycles. The van der Waals surface area contributed by atoms with Gasteiger partial charge in [-0.05, 0) is 36.6 Å². The van der Waals surface area contributed by atoms with E-state index in [9.17, 15) is 9.18 Å². The van der Waals surface area contributed by atoms with Gasteiger partial charge in [0.2, 0.25) is 5.13 Å². The van der Waals surface area contributed by atoms with Crippen LogP contribution < -0.4 is 5.32 Å². The standard InChI is InChI=1S/C18H20FN5OS/c1-4-5-15-22-23-18(26-15)21-17(25)14-10-20-24(16(14)11(2)3)13-8-6-12(19)7-9-13/h6-11H,4-5H2,1-3H3,(H,21,23,25). The van der Waals surface area contributed by atoms with Crippen molar-refractivity contribution in [2.45, 2.75) is 39.5 Å². The second-order valence-electron chi connectivity index (χ2n) is 6.19. The van der Waals surface area contributed by atoms with E-state index >= 15 is 0 Å². The first-order chi connectivity index (χ1) is 12.5. The molecular weight excluding hydrogens is 353 g/mol. The molecule has 1 N–H and O–H groups in total. The highest BCUT2D eigenvalue weighted by Crippen LogP contribution is 2.25. The van der Waals surface area contributed by atoms with E-state index in [2.05, 4.69) is 27.5 Å². The van der Waals surface area contributed by atoms with Crippen molar-refractivity contribution in [2.75, 3.05) is 5.32 Å². The minimum atomic E-state index is -0.316. The summed E-state index contributed by atoms with van der Waals surface area (Å²) in [5, 5.41) is 16.6. The lowest BCUT2D eigenvalue weighted by Gasteiger charge is -2.12. The number of aryl methyl sites for hydroxylation is 1. The zero-order valence-corrected chi connectivity index (χ0v) is 15.7. The van der Waals surface area contributed by atoms with Gasteiger partial charge in [-0.2, -0.15) is 5.10 Å². The SMILES string of the molecule is CCCc1nnc(NC(=O)c2cnn(-c3ccc(F)cc3)c2C(C)C)s1. The van der Waals surface area contributed by atoms with Gasteiger partial charge in [0.05, 0.1) is 23.1 Å². The van der Waals surface area contributed by atoms with Crippen molar-refractivity contribution in [1.82, 2.24) is 20.0 Å². The number of amides is 1. The lowest BCUT2D eigenvalue weighted by Crippen LogP contribution is -2.15. The lowest BCUT2D eigenvalue weighted by molar-refractivity contribution is 0.102. The van der Waals surface area contributed by atoms with Gasteiger partial charge in [-0.3, -0.25) is 10.1 Å². The fourth-order valence-corrected chi connectivity index (χ4v) is 3.50. The van der Waals surface area contributed by atoms with Gasteiger partial charge >= 0.3 is 0 Å². The highest BCUT2D eigenvalue weighted by molar-refractivity contribution is 7.15. The Balaban J connectivity index is 1.89. The van der Waals surface area contributed by atoms with Crippen LogP contribution in [0.2, 0.25) is 0 Å². The molecule has 26 heavy (non-hydrogen) atoms. The molecule has 1 aromatic carbocycles. The maximum absolute atomic E-state index is 13.2. The number of nitrogens with one attached hydrogen (secondary N) is 1. The lowest BCUT2D eigenvalue weighted by atomic mass is 10.1. The van der Waals surface area contributed by atoms with Crippen molar-refractivity contribution in [3.8, 4) is 5.69 Å². The Morgan fingerprint density at radius 1 is 1.27 bits per heavy atom. The molecule has 2 heterocycles. The summed E-state index contributed by atoms with van der Waals surface area (Å²) in [7, 11) is 0. The number of carbonyl (C=O) groups excluding carboxylic acids is 1. The molecule has 3 aromatic rings. The molecular formula is C18H20FN5OS. The van der Waals surface area contributed by atoms with Crippen molar-refractivity contribution in [1.29, 1.82) is 0 Å². The summed E-state index contributed by atoms with van der Waals surface area (Å²) in [6.45, 7) is 6.04. The van der Waals surface area contributed by atoms with Crippen molar-refractivity contribution in [2.24, 2.45) is 0 Å². The summed E-state index contributed by atoms with van der Waals surface area (Å²) >= 11 is 1.38. The predicted octanol–water partition coefficient (Wildman–Crippen LogP) is 4.19. The molecule has 0 radical (unpaired) electrons. The molecule has 0 bridgehead atoms. The van der Waals surface area contributed by atoms with E-state index in [1.165, 1.54) is 29.7 Å². The van der Waals surface area contributed by atoms with Crippen LogP contribution in [0.3, 0.4) is 0 Å². The van der Waals surface area contributed by atoms with Crippen molar-refractivity contribution < 1.29 is 9.18 Å². The first-order valence-electron chi connectivity index (χ1n) is 8.47. The number of nitrogens with zero attached hydrogens (tertiary/aromatic N) is 4. The zero-order chi connectivity index (χ0) is 18.7. The summed E-state index contributed by atoms with van der Waals surface area (Å²) in [6.07, 6.45) is 3.35. The van der Waals surface area contributed by atoms with Gasteiger partial charge in [0.15, 0.2) is 0 Å². The Morgan fingerprint density at radius 2 is 2.00 bits per heavy atom. The van der Waals surface area contributed by atoms with Gasteiger partial charge in [-0.25, -0.2) is 9.07 Å². The van der Waals surface area contributed by atoms with E-state index < -0.39 is 0 Å². The molecule has 0 spiro atoms. The average Bonchev–Trinajstić information content (AvgIpc) is 3.23. The number of carbonyl (C=O) groups is 1. The van der Waals surface area contributed by atoms with E-state index in [0.29, 0.717) is 16.4 Å². The van der Waals surface area contributed by atoms with E-state index in [4.69, 9.17) is 0 Å². The topological polar surface area (TPSA) is 72.7 Å². The van der Waals surface area contributed by atoms with Gasteiger partial charge in [0.1, 0.15) is 10.8 Å². The van der Waals surface area contributed by atoms with Gasteiger partial charge in [0, 0.05) is 6.42 Å². The van der Waals surface area contributed by atoms with Gasteiger partial charge < -0.3 is 0 Å². The summed E-state index contributed by atoms with van der Waals surface area (Å²) in [4.78, 5) is 12.7. The van der Waals surface area contributed by atoms with Crippen molar-refractivity contribution in [3.63, 3.8) is 0 Å². The molecule has 0 fully saturated rings. The first kappa shape index (κ1) is 18.2. The van der Waals surface area contributed by atoms with Crippen molar-refractivity contribution >= 4 is 22.4 Å². The van der Waals surface area contributed by atoms with E-state index in [0.717, 1.165) is 23.5 Å². The quantitative estimate of drug-likeness (QED) is 0.703. The summed E-state index contributed by atoms with van der Waals surface area (Å²) in [5.41, 5.74) is 1.93. The number of rotatable bonds is 6. The fraction of sp³-hybridized carbons (Fsp3) is 0.333. The Bertz CT molecular complexity index is 901. The second kappa shape index (κ2) is 7.74. The molecule has 0 aliphatic rings. The maximum atomic E-state index is 13.2. The van der Waals surface area contributed by atoms with Crippen LogP contribution in [0.1, 0.15) is 54.2 Å². The minimum Gasteiger partial charge on any atom is -0.296 e. The second-order valence-corrected chi connectivity index (χ2v) is 7.25. The molecule has 0 aliphatic heterocycles. The van der Waals surface area contributed by atoms with Crippen LogP contribution in [-0.2, 0) is 6.42 Å². The average molecular weight is 373 g/mol. The number of halogens is 1. The third-order valence-corrected chi connectivity index (χ3v) is 4.72. The number of hydrogen-bond donors (Lipinski definition) is 1. The minimum absolute atomic E-state index is 0.0494. The normalized spacial score (nSPS) is 11.1. The molecule has 6 nitrogen and oxygen atoms in total. The summed E-state index contributed by atoms with van der Waals surface area (Å²) in [6, 6.07) is 6.02. The number of hydrogen-bond acceptors (Lipinski definition) is 5. The molecule has 0 atom stereocenters. The maximum Gasteiger partial charge on any atom is 0.260 e. The largest absolute Gasteiger partial charge is 0.296 e. The molecule has 0 aliphatic carbocycles. The molecule has 8 heteroatoms. The third-order valence-electron chi connectivity index (χ3n) is 3.82. The highest BCUT2D eigenvalue weighted by Gasteiger charge is 2.22. The smallest absolute Gasteiger partial charge is 0.260 e. The Kier molecular flexibility index (Phi) is 5.41. The molecule has 1 amide bonds. The third kappa shape index (κ3) is 3.80. The molecule has 3 rings (SSSR count). The number of aromatic nitrogens is 4. The van der Waals surface area contributed by atoms with Crippen LogP contribution in [0, 0.1) is 5.82 Å². The summed E-state index contributed by atoms with van der Waals surface area (Å²) < 4.78 is 14.9. The zero-order valence-electron chi connectivity index (χ0n) is 14.9. The van der Waals surface area contributed by atoms with Gasteiger partial charge in [-0.15, -0.1) is 10.2 Å². The van der Waals surface area contributed by atoms with E-state index in [1.54, 1.807) is 16.8 Å². The number of anilines is 1. The first-order valence-corrected chi connectivity index (χ1v) is 9.28. The van der Waals surface area contributed by atoms with Gasteiger partial charge in [0.25, 0.3) is 5.91 Å². The van der Waals surface area contributed by atoms with E-state index in [1.807, 2.05) is 13.8 Å². The molecule has 0 saturated carbocycles. The Morgan fingerprint density at radius 3 is 2.65 bits per heavy atom. The fourth-order valence-electron chi connectivity index (χ4n) is 2.66. The van der Waals surface area contributed by atoms with Crippen LogP contribution in [0.15, 0.2) is 30.5 Å². The highest BCUT2D eigenvalue weighted by atomic mass is 32.1. The van der Waals surface area contributed by atoms with E-state index in [-0.39, 0.29) is 17.6 Å². The molecule has 2 aromatic heterocycles. The van der Waals surface area contributed by atoms with Gasteiger partial charge in [-0.1, -0.05) is 32.1 Å². The van der Waals surface area contributed by atoms with Crippen LogP contribution in [0.25, 0.3) is 5.69 Å². The van der Waals surface area contributed by atoms with Crippen LogP contribution in [0.5, 0.6) is 0 Å². The molecule has 136 valence electrons. The monoisotopic (exact) mass is 373 g/mol.